The first-order valence-corrected chi connectivity index (χ1v) is 7.70. The fourth-order valence-corrected chi connectivity index (χ4v) is 2.88. The smallest absolute Gasteiger partial charge is 0.235 e. The van der Waals surface area contributed by atoms with Gasteiger partial charge in [-0.1, -0.05) is 18.2 Å². The highest BCUT2D eigenvalue weighted by Crippen LogP contribution is 2.50. The van der Waals surface area contributed by atoms with Gasteiger partial charge in [-0.25, -0.2) is 0 Å². The summed E-state index contributed by atoms with van der Waals surface area (Å²) in [6, 6.07) is 13.6. The summed E-state index contributed by atoms with van der Waals surface area (Å²) >= 11 is 0. The van der Waals surface area contributed by atoms with Crippen molar-refractivity contribution in [1.29, 1.82) is 0 Å². The predicted molar refractivity (Wildman–Crippen MR) is 90.3 cm³/mol. The van der Waals surface area contributed by atoms with Crippen molar-refractivity contribution in [2.45, 2.75) is 25.2 Å². The van der Waals surface area contributed by atoms with Crippen molar-refractivity contribution >= 4 is 11.6 Å². The molecule has 0 saturated heterocycles. The molecule has 0 atom stereocenters. The van der Waals surface area contributed by atoms with Gasteiger partial charge in [0.15, 0.2) is 11.5 Å². The number of benzene rings is 2. The number of hydrogen-bond acceptors (Lipinski definition) is 3. The highest BCUT2D eigenvalue weighted by atomic mass is 16.5. The predicted octanol–water partition coefficient (Wildman–Crippen LogP) is 3.68. The van der Waals surface area contributed by atoms with Gasteiger partial charge in [-0.3, -0.25) is 4.79 Å². The lowest BCUT2D eigenvalue weighted by atomic mass is 9.94. The third kappa shape index (κ3) is 2.89. The maximum absolute atomic E-state index is 12.8. The first-order valence-electron chi connectivity index (χ1n) is 7.70. The van der Waals surface area contributed by atoms with Crippen molar-refractivity contribution < 1.29 is 14.3 Å². The average Bonchev–Trinajstić information content (AvgIpc) is 3.36. The largest absolute Gasteiger partial charge is 0.493 e. The Labute approximate surface area is 136 Å². The number of aryl methyl sites for hydroxylation is 1. The molecule has 0 bridgehead atoms. The Morgan fingerprint density at radius 3 is 2.39 bits per heavy atom. The fraction of sp³-hybridized carbons (Fsp3) is 0.316. The van der Waals surface area contributed by atoms with Crippen molar-refractivity contribution in [3.05, 3.63) is 53.6 Å². The molecule has 1 fully saturated rings. The van der Waals surface area contributed by atoms with Crippen LogP contribution in [0.3, 0.4) is 0 Å². The van der Waals surface area contributed by atoms with Crippen LogP contribution < -0.4 is 14.8 Å². The van der Waals surface area contributed by atoms with Gasteiger partial charge in [-0.2, -0.15) is 0 Å². The second kappa shape index (κ2) is 5.95. The second-order valence-electron chi connectivity index (χ2n) is 5.98. The number of amides is 1. The molecule has 0 radical (unpaired) electrons. The molecular weight excluding hydrogens is 290 g/mol. The van der Waals surface area contributed by atoms with E-state index in [-0.39, 0.29) is 5.91 Å². The van der Waals surface area contributed by atoms with Gasteiger partial charge < -0.3 is 14.8 Å². The van der Waals surface area contributed by atoms with Crippen LogP contribution in [0.1, 0.15) is 24.0 Å². The summed E-state index contributed by atoms with van der Waals surface area (Å²) in [4.78, 5) is 12.8. The Bertz CT molecular complexity index is 735. The first-order chi connectivity index (χ1) is 11.1. The van der Waals surface area contributed by atoms with Crippen LogP contribution in [0.15, 0.2) is 42.5 Å². The van der Waals surface area contributed by atoms with Gasteiger partial charge in [-0.15, -0.1) is 0 Å². The number of methoxy groups -OCH3 is 2. The van der Waals surface area contributed by atoms with Gasteiger partial charge in [0.25, 0.3) is 0 Å². The molecule has 0 spiro atoms. The Kier molecular flexibility index (Phi) is 3.99. The van der Waals surface area contributed by atoms with E-state index in [0.29, 0.717) is 11.5 Å². The average molecular weight is 311 g/mol. The summed E-state index contributed by atoms with van der Waals surface area (Å²) in [5, 5.41) is 3.04. The van der Waals surface area contributed by atoms with Crippen molar-refractivity contribution in [2.75, 3.05) is 19.5 Å². The fourth-order valence-electron chi connectivity index (χ4n) is 2.88. The summed E-state index contributed by atoms with van der Waals surface area (Å²) in [7, 11) is 3.21. The Balaban J connectivity index is 1.85. The minimum Gasteiger partial charge on any atom is -0.493 e. The van der Waals surface area contributed by atoms with E-state index in [1.807, 2.05) is 49.4 Å². The number of nitrogens with one attached hydrogen (secondary N) is 1. The van der Waals surface area contributed by atoms with Gasteiger partial charge in [0.1, 0.15) is 0 Å². The molecule has 0 aliphatic heterocycles. The van der Waals surface area contributed by atoms with E-state index in [9.17, 15) is 4.79 Å². The van der Waals surface area contributed by atoms with Crippen LogP contribution in [0.25, 0.3) is 0 Å². The Morgan fingerprint density at radius 2 is 1.78 bits per heavy atom. The van der Waals surface area contributed by atoms with Gasteiger partial charge in [0.05, 0.1) is 19.6 Å². The zero-order valence-electron chi connectivity index (χ0n) is 13.7. The lowest BCUT2D eigenvalue weighted by Gasteiger charge is -2.18. The third-order valence-electron chi connectivity index (χ3n) is 4.40. The Hall–Kier alpha value is -2.49. The van der Waals surface area contributed by atoms with Crippen LogP contribution in [-0.4, -0.2) is 20.1 Å². The van der Waals surface area contributed by atoms with E-state index >= 15 is 0 Å². The molecule has 120 valence electrons. The molecule has 2 aromatic carbocycles. The summed E-state index contributed by atoms with van der Waals surface area (Å²) in [5.41, 5.74) is 2.48. The Morgan fingerprint density at radius 1 is 1.04 bits per heavy atom. The monoisotopic (exact) mass is 311 g/mol. The molecule has 4 nitrogen and oxygen atoms in total. The van der Waals surface area contributed by atoms with E-state index in [1.54, 1.807) is 14.2 Å². The molecule has 2 aromatic rings. The third-order valence-corrected chi connectivity index (χ3v) is 4.40. The van der Waals surface area contributed by atoms with Gasteiger partial charge in [0.2, 0.25) is 5.91 Å². The number of anilines is 1. The standard InChI is InChI=1S/C19H21NO3/c1-13-5-4-6-15(11-13)20-18(21)19(9-10-19)14-7-8-16(22-2)17(12-14)23-3/h4-8,11-12H,9-10H2,1-3H3,(H,20,21). The maximum Gasteiger partial charge on any atom is 0.235 e. The summed E-state index contributed by atoms with van der Waals surface area (Å²) in [5.74, 6) is 1.36. The molecule has 1 N–H and O–H groups in total. The molecule has 1 amide bonds. The summed E-state index contributed by atoms with van der Waals surface area (Å²) in [6.07, 6.45) is 1.69. The zero-order valence-corrected chi connectivity index (χ0v) is 13.7. The SMILES string of the molecule is COc1ccc(C2(C(=O)Nc3cccc(C)c3)CC2)cc1OC. The molecule has 3 rings (SSSR count). The molecule has 4 heteroatoms. The van der Waals surface area contributed by atoms with Gasteiger partial charge >= 0.3 is 0 Å². The lowest BCUT2D eigenvalue weighted by Crippen LogP contribution is -2.27. The lowest BCUT2D eigenvalue weighted by molar-refractivity contribution is -0.118. The van der Waals surface area contributed by atoms with E-state index in [4.69, 9.17) is 9.47 Å². The van der Waals surface area contributed by atoms with Crippen molar-refractivity contribution in [3.63, 3.8) is 0 Å². The van der Waals surface area contributed by atoms with Crippen LogP contribution in [0.5, 0.6) is 11.5 Å². The molecule has 1 aliphatic carbocycles. The van der Waals surface area contributed by atoms with Crippen LogP contribution in [0.4, 0.5) is 5.69 Å². The molecule has 1 aliphatic rings. The number of rotatable bonds is 5. The highest BCUT2D eigenvalue weighted by molar-refractivity contribution is 6.01. The van der Waals surface area contributed by atoms with Crippen LogP contribution in [0, 0.1) is 6.92 Å². The molecular formula is C19H21NO3. The van der Waals surface area contributed by atoms with Crippen molar-refractivity contribution in [3.8, 4) is 11.5 Å². The van der Waals surface area contributed by atoms with Crippen molar-refractivity contribution in [2.24, 2.45) is 0 Å². The maximum atomic E-state index is 12.8. The summed E-state index contributed by atoms with van der Waals surface area (Å²) in [6.45, 7) is 2.01. The topological polar surface area (TPSA) is 47.6 Å². The van der Waals surface area contributed by atoms with Gasteiger partial charge in [-0.05, 0) is 55.2 Å². The normalized spacial score (nSPS) is 14.9. The van der Waals surface area contributed by atoms with Crippen LogP contribution in [-0.2, 0) is 10.2 Å². The zero-order chi connectivity index (χ0) is 16.4. The van der Waals surface area contributed by atoms with Crippen LogP contribution >= 0.6 is 0 Å². The molecule has 0 unspecified atom stereocenters. The number of carbonyl (C=O) groups excluding carboxylic acids is 1. The van der Waals surface area contributed by atoms with Crippen LogP contribution in [0.2, 0.25) is 0 Å². The second-order valence-corrected chi connectivity index (χ2v) is 5.98. The van der Waals surface area contributed by atoms with Gasteiger partial charge in [0, 0.05) is 5.69 Å². The number of carbonyl (C=O) groups is 1. The van der Waals surface area contributed by atoms with E-state index in [1.165, 1.54) is 0 Å². The molecule has 23 heavy (non-hydrogen) atoms. The molecule has 0 heterocycles. The highest BCUT2D eigenvalue weighted by Gasteiger charge is 2.51. The number of hydrogen-bond donors (Lipinski definition) is 1. The number of ether oxygens (including phenoxy) is 2. The van der Waals surface area contributed by atoms with E-state index in [0.717, 1.165) is 29.7 Å². The van der Waals surface area contributed by atoms with E-state index < -0.39 is 5.41 Å². The minimum atomic E-state index is -0.455. The summed E-state index contributed by atoms with van der Waals surface area (Å²) < 4.78 is 10.6. The van der Waals surface area contributed by atoms with E-state index in [2.05, 4.69) is 5.32 Å². The quantitative estimate of drug-likeness (QED) is 0.916. The minimum absolute atomic E-state index is 0.0373. The van der Waals surface area contributed by atoms with Crippen molar-refractivity contribution in [1.82, 2.24) is 0 Å². The first kappa shape index (κ1) is 15.4. The molecule has 0 aromatic heterocycles. The molecule has 1 saturated carbocycles.